The first-order valence-electron chi connectivity index (χ1n) is 7.77. The van der Waals surface area contributed by atoms with Gasteiger partial charge in [0.1, 0.15) is 5.82 Å². The second kappa shape index (κ2) is 7.09. The lowest BCUT2D eigenvalue weighted by Gasteiger charge is -2.15. The van der Waals surface area contributed by atoms with E-state index in [-0.39, 0.29) is 17.7 Å². The number of fused-ring (bicyclic) bond motifs is 1. The van der Waals surface area contributed by atoms with E-state index in [4.69, 9.17) is 4.42 Å². The van der Waals surface area contributed by atoms with Crippen molar-refractivity contribution in [3.8, 4) is 0 Å². The second-order valence-corrected chi connectivity index (χ2v) is 6.58. The van der Waals surface area contributed by atoms with Crippen molar-refractivity contribution in [3.05, 3.63) is 47.4 Å². The molecule has 0 spiro atoms. The van der Waals surface area contributed by atoms with Gasteiger partial charge in [0.15, 0.2) is 5.89 Å². The van der Waals surface area contributed by atoms with Crippen molar-refractivity contribution in [2.45, 2.75) is 26.3 Å². The minimum atomic E-state index is -0.264. The molecule has 7 heteroatoms. The fraction of sp³-hybridized carbons (Fsp3) is 0.353. The molecule has 2 heterocycles. The predicted octanol–water partition coefficient (Wildman–Crippen LogP) is 3.39. The van der Waals surface area contributed by atoms with Crippen LogP contribution in [0.1, 0.15) is 40.4 Å². The molecule has 0 saturated heterocycles. The van der Waals surface area contributed by atoms with Crippen LogP contribution in [0.15, 0.2) is 28.7 Å². The number of aromatic nitrogens is 3. The van der Waals surface area contributed by atoms with Gasteiger partial charge in [-0.25, -0.2) is 9.97 Å². The standard InChI is InChI=1S/C17H20N4O2S/c1-10-15(23-11(2)18-10)17(22)21-14(8-9-24-3)16-19-12-6-4-5-7-13(12)20-16/h4-7,14H,8-9H2,1-3H3,(H,19,20)(H,21,22)/t14-/m0/s1. The number of carbonyl (C=O) groups excluding carboxylic acids is 1. The molecule has 24 heavy (non-hydrogen) atoms. The average molecular weight is 344 g/mol. The first kappa shape index (κ1) is 16.6. The number of H-pyrrole nitrogens is 1. The summed E-state index contributed by atoms with van der Waals surface area (Å²) in [6, 6.07) is 7.63. The topological polar surface area (TPSA) is 83.8 Å². The van der Waals surface area contributed by atoms with E-state index >= 15 is 0 Å². The highest BCUT2D eigenvalue weighted by molar-refractivity contribution is 7.98. The van der Waals surface area contributed by atoms with Gasteiger partial charge in [0.05, 0.1) is 22.8 Å². The molecule has 0 fully saturated rings. The van der Waals surface area contributed by atoms with Gasteiger partial charge in [-0.15, -0.1) is 0 Å². The molecule has 6 nitrogen and oxygen atoms in total. The van der Waals surface area contributed by atoms with Crippen LogP contribution in [0.3, 0.4) is 0 Å². The number of carbonyl (C=O) groups is 1. The molecule has 1 aromatic carbocycles. The van der Waals surface area contributed by atoms with Crippen molar-refractivity contribution in [2.75, 3.05) is 12.0 Å². The van der Waals surface area contributed by atoms with Gasteiger partial charge in [-0.3, -0.25) is 4.79 Å². The third kappa shape index (κ3) is 3.46. The van der Waals surface area contributed by atoms with Crippen LogP contribution in [0.2, 0.25) is 0 Å². The normalized spacial score (nSPS) is 12.5. The lowest BCUT2D eigenvalue weighted by atomic mass is 10.2. The Morgan fingerprint density at radius 1 is 1.33 bits per heavy atom. The fourth-order valence-electron chi connectivity index (χ4n) is 2.62. The average Bonchev–Trinajstić information content (AvgIpc) is 3.13. The van der Waals surface area contributed by atoms with Gasteiger partial charge in [0.2, 0.25) is 5.76 Å². The smallest absolute Gasteiger partial charge is 0.289 e. The van der Waals surface area contributed by atoms with Crippen LogP contribution in [0.5, 0.6) is 0 Å². The van der Waals surface area contributed by atoms with E-state index in [2.05, 4.69) is 20.3 Å². The van der Waals surface area contributed by atoms with Gasteiger partial charge in [0.25, 0.3) is 5.91 Å². The van der Waals surface area contributed by atoms with Crippen molar-refractivity contribution in [1.82, 2.24) is 20.3 Å². The summed E-state index contributed by atoms with van der Waals surface area (Å²) < 4.78 is 5.42. The Bertz CT molecular complexity index is 822. The number of thioether (sulfide) groups is 1. The number of nitrogens with one attached hydrogen (secondary N) is 2. The van der Waals surface area contributed by atoms with Crippen molar-refractivity contribution < 1.29 is 9.21 Å². The minimum absolute atomic E-state index is 0.206. The molecule has 1 amide bonds. The molecule has 2 aromatic heterocycles. The maximum absolute atomic E-state index is 12.5. The van der Waals surface area contributed by atoms with E-state index in [1.165, 1.54) is 0 Å². The van der Waals surface area contributed by atoms with Crippen LogP contribution in [0, 0.1) is 13.8 Å². The first-order chi connectivity index (χ1) is 11.6. The van der Waals surface area contributed by atoms with Gasteiger partial charge < -0.3 is 14.7 Å². The van der Waals surface area contributed by atoms with Crippen LogP contribution in [0.4, 0.5) is 0 Å². The summed E-state index contributed by atoms with van der Waals surface area (Å²) >= 11 is 1.73. The number of aryl methyl sites for hydroxylation is 2. The lowest BCUT2D eigenvalue weighted by molar-refractivity contribution is 0.0904. The number of para-hydroxylation sites is 2. The highest BCUT2D eigenvalue weighted by Gasteiger charge is 2.22. The fourth-order valence-corrected chi connectivity index (χ4v) is 3.09. The van der Waals surface area contributed by atoms with Crippen LogP contribution >= 0.6 is 11.8 Å². The Balaban J connectivity index is 1.85. The molecule has 126 valence electrons. The number of nitrogens with zero attached hydrogens (tertiary/aromatic N) is 2. The number of hydrogen-bond donors (Lipinski definition) is 2. The van der Waals surface area contributed by atoms with E-state index in [9.17, 15) is 4.79 Å². The zero-order chi connectivity index (χ0) is 17.1. The molecule has 0 aliphatic carbocycles. The number of imidazole rings is 1. The molecule has 0 unspecified atom stereocenters. The van der Waals surface area contributed by atoms with E-state index in [0.29, 0.717) is 11.6 Å². The molecule has 0 aliphatic rings. The third-order valence-corrected chi connectivity index (χ3v) is 4.41. The Morgan fingerprint density at radius 2 is 2.12 bits per heavy atom. The number of amides is 1. The molecular formula is C17H20N4O2S. The van der Waals surface area contributed by atoms with Crippen molar-refractivity contribution in [1.29, 1.82) is 0 Å². The van der Waals surface area contributed by atoms with Gasteiger partial charge in [-0.05, 0) is 37.5 Å². The van der Waals surface area contributed by atoms with Gasteiger partial charge in [-0.1, -0.05) is 12.1 Å². The first-order valence-corrected chi connectivity index (χ1v) is 9.16. The summed E-state index contributed by atoms with van der Waals surface area (Å²) in [5.74, 6) is 2.16. The van der Waals surface area contributed by atoms with Crippen LogP contribution in [-0.4, -0.2) is 32.9 Å². The van der Waals surface area contributed by atoms with Crippen LogP contribution in [0.25, 0.3) is 11.0 Å². The minimum Gasteiger partial charge on any atom is -0.436 e. The van der Waals surface area contributed by atoms with Gasteiger partial charge >= 0.3 is 0 Å². The molecule has 0 radical (unpaired) electrons. The van der Waals surface area contributed by atoms with E-state index in [1.807, 2.05) is 30.5 Å². The molecule has 3 aromatic rings. The summed E-state index contributed by atoms with van der Waals surface area (Å²) in [6.07, 6.45) is 2.82. The summed E-state index contributed by atoms with van der Waals surface area (Å²) in [6.45, 7) is 3.50. The zero-order valence-corrected chi connectivity index (χ0v) is 14.7. The molecule has 3 rings (SSSR count). The summed E-state index contributed by atoms with van der Waals surface area (Å²) in [4.78, 5) is 24.6. The van der Waals surface area contributed by atoms with Crippen molar-refractivity contribution in [2.24, 2.45) is 0 Å². The Labute approximate surface area is 144 Å². The lowest BCUT2D eigenvalue weighted by Crippen LogP contribution is -2.30. The number of rotatable bonds is 6. The Hall–Kier alpha value is -2.28. The summed E-state index contributed by atoms with van der Waals surface area (Å²) in [7, 11) is 0. The SMILES string of the molecule is CSCC[C@H](NC(=O)c1oc(C)nc1C)c1nc2ccccc2[nH]1. The van der Waals surface area contributed by atoms with Crippen LogP contribution < -0.4 is 5.32 Å². The van der Waals surface area contributed by atoms with E-state index in [0.717, 1.165) is 29.0 Å². The summed E-state index contributed by atoms with van der Waals surface area (Å²) in [5, 5.41) is 3.02. The second-order valence-electron chi connectivity index (χ2n) is 5.59. The molecular weight excluding hydrogens is 324 g/mol. The van der Waals surface area contributed by atoms with Crippen molar-refractivity contribution in [3.63, 3.8) is 0 Å². The summed E-state index contributed by atoms with van der Waals surface area (Å²) in [5.41, 5.74) is 2.45. The largest absolute Gasteiger partial charge is 0.436 e. The van der Waals surface area contributed by atoms with Gasteiger partial charge in [0, 0.05) is 6.92 Å². The molecule has 1 atom stereocenters. The number of aromatic amines is 1. The maximum Gasteiger partial charge on any atom is 0.289 e. The maximum atomic E-state index is 12.5. The Kier molecular flexibility index (Phi) is 4.89. The number of benzene rings is 1. The highest BCUT2D eigenvalue weighted by Crippen LogP contribution is 2.21. The molecule has 2 N–H and O–H groups in total. The number of oxazole rings is 1. The third-order valence-electron chi connectivity index (χ3n) is 3.76. The van der Waals surface area contributed by atoms with Crippen molar-refractivity contribution >= 4 is 28.7 Å². The quantitative estimate of drug-likeness (QED) is 0.716. The molecule has 0 saturated carbocycles. The van der Waals surface area contributed by atoms with E-state index in [1.54, 1.807) is 25.6 Å². The number of hydrogen-bond acceptors (Lipinski definition) is 5. The molecule has 0 aliphatic heterocycles. The van der Waals surface area contributed by atoms with Crippen LogP contribution in [-0.2, 0) is 0 Å². The predicted molar refractivity (Wildman–Crippen MR) is 95.3 cm³/mol. The molecule has 0 bridgehead atoms. The zero-order valence-electron chi connectivity index (χ0n) is 13.9. The Morgan fingerprint density at radius 3 is 2.79 bits per heavy atom. The highest BCUT2D eigenvalue weighted by atomic mass is 32.2. The van der Waals surface area contributed by atoms with Gasteiger partial charge in [-0.2, -0.15) is 11.8 Å². The monoisotopic (exact) mass is 344 g/mol. The van der Waals surface area contributed by atoms with E-state index < -0.39 is 0 Å².